The molecule has 2 aliphatic rings. The van der Waals surface area contributed by atoms with Crippen LogP contribution in [0.15, 0.2) is 54.6 Å². The first-order valence-electron chi connectivity index (χ1n) is 12.2. The van der Waals surface area contributed by atoms with Gasteiger partial charge in [0.25, 0.3) is 0 Å². The standard InChI is InChI=1S/C27H31N5O3/c1-19-12-15-31(16-13-19)26-29-24-14-17-32(27(33)28-20-6-4-3-5-7-20)18-23(24)25(30-26)35-22-10-8-21(34-2)9-11-22/h3-11,19H,12-18H2,1-2H3,(H,28,33). The van der Waals surface area contributed by atoms with Crippen LogP contribution in [0.3, 0.4) is 0 Å². The summed E-state index contributed by atoms with van der Waals surface area (Å²) in [4.78, 5) is 26.8. The number of piperidine rings is 1. The highest BCUT2D eigenvalue weighted by atomic mass is 16.5. The Hall–Kier alpha value is -3.81. The normalized spacial score (nSPS) is 15.9. The van der Waals surface area contributed by atoms with Crippen molar-refractivity contribution in [1.29, 1.82) is 0 Å². The van der Waals surface area contributed by atoms with Gasteiger partial charge in [-0.05, 0) is 55.2 Å². The van der Waals surface area contributed by atoms with Gasteiger partial charge in [-0.1, -0.05) is 25.1 Å². The Labute approximate surface area is 205 Å². The minimum atomic E-state index is -0.147. The molecule has 3 heterocycles. The molecular formula is C27H31N5O3. The van der Waals surface area contributed by atoms with Gasteiger partial charge in [-0.15, -0.1) is 0 Å². The molecule has 182 valence electrons. The number of benzene rings is 2. The van der Waals surface area contributed by atoms with Crippen molar-refractivity contribution in [2.24, 2.45) is 5.92 Å². The van der Waals surface area contributed by atoms with E-state index in [0.717, 1.165) is 54.5 Å². The molecule has 0 saturated carbocycles. The molecule has 1 saturated heterocycles. The lowest BCUT2D eigenvalue weighted by atomic mass is 9.99. The number of hydrogen-bond donors (Lipinski definition) is 1. The molecule has 8 nitrogen and oxygen atoms in total. The second kappa shape index (κ2) is 10.2. The highest BCUT2D eigenvalue weighted by molar-refractivity contribution is 5.89. The van der Waals surface area contributed by atoms with Gasteiger partial charge in [-0.3, -0.25) is 0 Å². The molecule has 0 unspecified atom stereocenters. The molecular weight excluding hydrogens is 442 g/mol. The molecule has 2 amide bonds. The van der Waals surface area contributed by atoms with E-state index < -0.39 is 0 Å². The van der Waals surface area contributed by atoms with E-state index in [4.69, 9.17) is 19.4 Å². The Morgan fingerprint density at radius 3 is 2.40 bits per heavy atom. The second-order valence-corrected chi connectivity index (χ2v) is 9.17. The summed E-state index contributed by atoms with van der Waals surface area (Å²) in [6, 6.07) is 16.8. The van der Waals surface area contributed by atoms with Crippen molar-refractivity contribution in [3.05, 3.63) is 65.9 Å². The number of urea groups is 1. The Balaban J connectivity index is 1.42. The van der Waals surface area contributed by atoms with E-state index in [1.165, 1.54) is 0 Å². The van der Waals surface area contributed by atoms with Crippen LogP contribution in [-0.2, 0) is 13.0 Å². The van der Waals surface area contributed by atoms with Crippen LogP contribution in [-0.4, -0.2) is 47.6 Å². The molecule has 2 aromatic carbocycles. The SMILES string of the molecule is COc1ccc(Oc2nc(N3CCC(C)CC3)nc3c2CN(C(=O)Nc2ccccc2)CC3)cc1. The maximum atomic E-state index is 13.0. The van der Waals surface area contributed by atoms with Crippen LogP contribution in [0.2, 0.25) is 0 Å². The lowest BCUT2D eigenvalue weighted by Gasteiger charge is -2.33. The third-order valence-corrected chi connectivity index (χ3v) is 6.66. The lowest BCUT2D eigenvalue weighted by molar-refractivity contribution is 0.205. The zero-order valence-corrected chi connectivity index (χ0v) is 20.2. The number of ether oxygens (including phenoxy) is 2. The van der Waals surface area contributed by atoms with Crippen LogP contribution < -0.4 is 19.7 Å². The fraction of sp³-hybridized carbons (Fsp3) is 0.370. The first-order chi connectivity index (χ1) is 17.1. The van der Waals surface area contributed by atoms with Crippen LogP contribution in [0.5, 0.6) is 17.4 Å². The van der Waals surface area contributed by atoms with Crippen molar-refractivity contribution in [3.8, 4) is 17.4 Å². The molecule has 0 aliphatic carbocycles. The number of aromatic nitrogens is 2. The summed E-state index contributed by atoms with van der Waals surface area (Å²) in [5, 5.41) is 2.97. The van der Waals surface area contributed by atoms with Gasteiger partial charge in [0, 0.05) is 31.7 Å². The predicted molar refractivity (Wildman–Crippen MR) is 135 cm³/mol. The Morgan fingerprint density at radius 1 is 0.971 bits per heavy atom. The van der Waals surface area contributed by atoms with Crippen LogP contribution >= 0.6 is 0 Å². The third kappa shape index (κ3) is 5.31. The van der Waals surface area contributed by atoms with Gasteiger partial charge < -0.3 is 24.6 Å². The quantitative estimate of drug-likeness (QED) is 0.555. The minimum absolute atomic E-state index is 0.147. The molecule has 1 aromatic heterocycles. The number of nitrogens with zero attached hydrogens (tertiary/aromatic N) is 4. The molecule has 0 atom stereocenters. The highest BCUT2D eigenvalue weighted by Gasteiger charge is 2.28. The summed E-state index contributed by atoms with van der Waals surface area (Å²) in [5.41, 5.74) is 2.56. The summed E-state index contributed by atoms with van der Waals surface area (Å²) >= 11 is 0. The molecule has 8 heteroatoms. The molecule has 2 aliphatic heterocycles. The number of anilines is 2. The van der Waals surface area contributed by atoms with Crippen molar-refractivity contribution >= 4 is 17.7 Å². The molecule has 0 spiro atoms. The molecule has 5 rings (SSSR count). The van der Waals surface area contributed by atoms with E-state index in [1.54, 1.807) is 12.0 Å². The average Bonchev–Trinajstić information content (AvgIpc) is 2.90. The van der Waals surface area contributed by atoms with Crippen LogP contribution in [0.1, 0.15) is 31.0 Å². The number of nitrogens with one attached hydrogen (secondary N) is 1. The van der Waals surface area contributed by atoms with Crippen molar-refractivity contribution in [1.82, 2.24) is 14.9 Å². The summed E-state index contributed by atoms with van der Waals surface area (Å²) < 4.78 is 11.6. The number of methoxy groups -OCH3 is 1. The maximum Gasteiger partial charge on any atom is 0.322 e. The summed E-state index contributed by atoms with van der Waals surface area (Å²) in [7, 11) is 1.64. The average molecular weight is 474 g/mol. The number of carbonyl (C=O) groups is 1. The fourth-order valence-corrected chi connectivity index (χ4v) is 4.46. The largest absolute Gasteiger partial charge is 0.497 e. The molecule has 1 N–H and O–H groups in total. The van der Waals surface area contributed by atoms with E-state index in [0.29, 0.717) is 37.1 Å². The highest BCUT2D eigenvalue weighted by Crippen LogP contribution is 2.33. The maximum absolute atomic E-state index is 13.0. The fourth-order valence-electron chi connectivity index (χ4n) is 4.46. The number of fused-ring (bicyclic) bond motifs is 1. The summed E-state index contributed by atoms with van der Waals surface area (Å²) in [6.07, 6.45) is 2.90. The van der Waals surface area contributed by atoms with Gasteiger partial charge in [-0.25, -0.2) is 9.78 Å². The van der Waals surface area contributed by atoms with Crippen LogP contribution in [0.4, 0.5) is 16.4 Å². The molecule has 35 heavy (non-hydrogen) atoms. The second-order valence-electron chi connectivity index (χ2n) is 9.17. The van der Waals surface area contributed by atoms with Gasteiger partial charge in [0.2, 0.25) is 11.8 Å². The van der Waals surface area contributed by atoms with Gasteiger partial charge in [0.1, 0.15) is 11.5 Å². The van der Waals surface area contributed by atoms with Crippen molar-refractivity contribution in [3.63, 3.8) is 0 Å². The van der Waals surface area contributed by atoms with Gasteiger partial charge in [-0.2, -0.15) is 4.98 Å². The molecule has 1 fully saturated rings. The van der Waals surface area contributed by atoms with E-state index in [9.17, 15) is 4.79 Å². The molecule has 0 radical (unpaired) electrons. The Kier molecular flexibility index (Phi) is 6.70. The number of amides is 2. The van der Waals surface area contributed by atoms with Crippen LogP contribution in [0.25, 0.3) is 0 Å². The van der Waals surface area contributed by atoms with Crippen molar-refractivity contribution in [2.45, 2.75) is 32.7 Å². The monoisotopic (exact) mass is 473 g/mol. The van der Waals surface area contributed by atoms with E-state index >= 15 is 0 Å². The molecule has 0 bridgehead atoms. The lowest BCUT2D eigenvalue weighted by Crippen LogP contribution is -2.40. The smallest absolute Gasteiger partial charge is 0.322 e. The number of carbonyl (C=O) groups excluding carboxylic acids is 1. The number of para-hydroxylation sites is 1. The number of hydrogen-bond acceptors (Lipinski definition) is 6. The summed E-state index contributed by atoms with van der Waals surface area (Å²) in [5.74, 6) is 3.35. The van der Waals surface area contributed by atoms with E-state index in [1.807, 2.05) is 54.6 Å². The first kappa shape index (κ1) is 23.0. The zero-order chi connectivity index (χ0) is 24.2. The van der Waals surface area contributed by atoms with Gasteiger partial charge in [0.05, 0.1) is 24.9 Å². The van der Waals surface area contributed by atoms with E-state index in [2.05, 4.69) is 17.1 Å². The summed E-state index contributed by atoms with van der Waals surface area (Å²) in [6.45, 7) is 5.14. The zero-order valence-electron chi connectivity index (χ0n) is 20.2. The minimum Gasteiger partial charge on any atom is -0.497 e. The third-order valence-electron chi connectivity index (χ3n) is 6.66. The topological polar surface area (TPSA) is 79.8 Å². The molecule has 3 aromatic rings. The van der Waals surface area contributed by atoms with E-state index in [-0.39, 0.29) is 6.03 Å². The predicted octanol–water partition coefficient (Wildman–Crippen LogP) is 5.10. The van der Waals surface area contributed by atoms with Gasteiger partial charge >= 0.3 is 6.03 Å². The van der Waals surface area contributed by atoms with Crippen molar-refractivity contribution < 1.29 is 14.3 Å². The Bertz CT molecular complexity index is 1160. The van der Waals surface area contributed by atoms with Crippen molar-refractivity contribution in [2.75, 3.05) is 37.0 Å². The van der Waals surface area contributed by atoms with Gasteiger partial charge in [0.15, 0.2) is 0 Å². The first-order valence-corrected chi connectivity index (χ1v) is 12.2. The van der Waals surface area contributed by atoms with Crippen LogP contribution in [0, 0.1) is 5.92 Å². The Morgan fingerprint density at radius 2 is 1.69 bits per heavy atom. The number of rotatable bonds is 5.